The molecule has 56 valence electrons. The molecule has 0 fully saturated rings. The first-order valence-corrected chi connectivity index (χ1v) is 3.51. The van der Waals surface area contributed by atoms with Crippen LogP contribution in [0, 0.1) is 0 Å². The average molecular weight is 131 g/mol. The van der Waals surface area contributed by atoms with Crippen LogP contribution in [0.5, 0.6) is 0 Å². The fourth-order valence-electron chi connectivity index (χ4n) is 0.340. The lowest BCUT2D eigenvalue weighted by Gasteiger charge is -2.22. The van der Waals surface area contributed by atoms with Crippen LogP contribution in [-0.2, 0) is 4.84 Å². The highest BCUT2D eigenvalue weighted by atomic mass is 16.6. The van der Waals surface area contributed by atoms with Gasteiger partial charge in [-0.3, -0.25) is 0 Å². The summed E-state index contributed by atoms with van der Waals surface area (Å²) in [6, 6.07) is 0. The minimum atomic E-state index is 0.121. The standard InChI is InChI=1S/C7H17NO/c1-5-7(3,4)8-9-6-2/h8H,5-6H2,1-4H3. The van der Waals surface area contributed by atoms with Crippen molar-refractivity contribution in [1.29, 1.82) is 0 Å². The molecule has 0 aromatic carbocycles. The molecule has 0 spiro atoms. The summed E-state index contributed by atoms with van der Waals surface area (Å²) in [5.74, 6) is 0. The van der Waals surface area contributed by atoms with Crippen molar-refractivity contribution < 1.29 is 4.84 Å². The third-order valence-electron chi connectivity index (χ3n) is 1.38. The molecule has 2 nitrogen and oxygen atoms in total. The van der Waals surface area contributed by atoms with E-state index in [0.29, 0.717) is 0 Å². The van der Waals surface area contributed by atoms with Crippen LogP contribution in [0.1, 0.15) is 34.1 Å². The SMILES string of the molecule is CCONC(C)(C)CC. The number of nitrogens with one attached hydrogen (secondary N) is 1. The average Bonchev–Trinajstić information content (AvgIpc) is 1.84. The fraction of sp³-hybridized carbons (Fsp3) is 1.00. The minimum absolute atomic E-state index is 0.121. The normalized spacial score (nSPS) is 12.0. The molecule has 0 aromatic rings. The molecule has 0 radical (unpaired) electrons. The summed E-state index contributed by atoms with van der Waals surface area (Å²) >= 11 is 0. The first kappa shape index (κ1) is 8.92. The molecule has 9 heavy (non-hydrogen) atoms. The number of rotatable bonds is 4. The summed E-state index contributed by atoms with van der Waals surface area (Å²) in [6.45, 7) is 9.06. The maximum Gasteiger partial charge on any atom is 0.0654 e. The highest BCUT2D eigenvalue weighted by molar-refractivity contribution is 4.69. The molecule has 0 aliphatic carbocycles. The molecule has 0 atom stereocenters. The Morgan fingerprint density at radius 2 is 1.89 bits per heavy atom. The molecular weight excluding hydrogens is 114 g/mol. The van der Waals surface area contributed by atoms with Crippen LogP contribution in [0.2, 0.25) is 0 Å². The Hall–Kier alpha value is -0.0800. The molecular formula is C7H17NO. The van der Waals surface area contributed by atoms with Crippen molar-refractivity contribution >= 4 is 0 Å². The topological polar surface area (TPSA) is 21.3 Å². The zero-order valence-corrected chi connectivity index (χ0v) is 6.82. The maximum absolute atomic E-state index is 5.04. The van der Waals surface area contributed by atoms with Crippen LogP contribution in [-0.4, -0.2) is 12.1 Å². The highest BCUT2D eigenvalue weighted by Crippen LogP contribution is 2.05. The van der Waals surface area contributed by atoms with Crippen LogP contribution in [0.25, 0.3) is 0 Å². The number of hydrogen-bond donors (Lipinski definition) is 1. The zero-order chi connectivity index (χ0) is 7.33. The Kier molecular flexibility index (Phi) is 3.82. The molecule has 0 rings (SSSR count). The van der Waals surface area contributed by atoms with Crippen molar-refractivity contribution in [1.82, 2.24) is 5.48 Å². The second-order valence-electron chi connectivity index (χ2n) is 2.77. The van der Waals surface area contributed by atoms with Crippen molar-refractivity contribution in [3.8, 4) is 0 Å². The molecule has 0 saturated carbocycles. The van der Waals surface area contributed by atoms with Crippen LogP contribution >= 0.6 is 0 Å². The summed E-state index contributed by atoms with van der Waals surface area (Å²) in [4.78, 5) is 5.04. The third kappa shape index (κ3) is 4.43. The van der Waals surface area contributed by atoms with Gasteiger partial charge in [-0.05, 0) is 27.2 Å². The second-order valence-corrected chi connectivity index (χ2v) is 2.77. The summed E-state index contributed by atoms with van der Waals surface area (Å²) < 4.78 is 0. The van der Waals surface area contributed by atoms with E-state index in [1.165, 1.54) is 0 Å². The first-order valence-electron chi connectivity index (χ1n) is 3.51. The molecule has 0 saturated heterocycles. The van der Waals surface area contributed by atoms with Gasteiger partial charge in [0.2, 0.25) is 0 Å². The predicted octanol–water partition coefficient (Wildman–Crippen LogP) is 1.72. The largest absolute Gasteiger partial charge is 0.302 e. The Balaban J connectivity index is 3.33. The lowest BCUT2D eigenvalue weighted by atomic mass is 10.0. The van der Waals surface area contributed by atoms with Crippen LogP contribution < -0.4 is 5.48 Å². The van der Waals surface area contributed by atoms with E-state index in [4.69, 9.17) is 4.84 Å². The van der Waals surface area contributed by atoms with E-state index in [1.807, 2.05) is 6.92 Å². The highest BCUT2D eigenvalue weighted by Gasteiger charge is 2.12. The smallest absolute Gasteiger partial charge is 0.0654 e. The van der Waals surface area contributed by atoms with Gasteiger partial charge in [-0.15, -0.1) is 0 Å². The van der Waals surface area contributed by atoms with Gasteiger partial charge in [0.05, 0.1) is 6.61 Å². The van der Waals surface area contributed by atoms with E-state index in [9.17, 15) is 0 Å². The minimum Gasteiger partial charge on any atom is -0.302 e. The van der Waals surface area contributed by atoms with Gasteiger partial charge < -0.3 is 4.84 Å². The van der Waals surface area contributed by atoms with Crippen molar-refractivity contribution in [3.05, 3.63) is 0 Å². The van der Waals surface area contributed by atoms with Gasteiger partial charge in [-0.1, -0.05) is 6.92 Å². The summed E-state index contributed by atoms with van der Waals surface area (Å²) in [7, 11) is 0. The van der Waals surface area contributed by atoms with Crippen LogP contribution in [0.3, 0.4) is 0 Å². The molecule has 0 amide bonds. The predicted molar refractivity (Wildman–Crippen MR) is 39.1 cm³/mol. The molecule has 0 heterocycles. The summed E-state index contributed by atoms with van der Waals surface area (Å²) in [5.41, 5.74) is 3.08. The van der Waals surface area contributed by atoms with E-state index in [-0.39, 0.29) is 5.54 Å². The van der Waals surface area contributed by atoms with E-state index < -0.39 is 0 Å². The Bertz CT molecular complexity index is 71.3. The van der Waals surface area contributed by atoms with E-state index >= 15 is 0 Å². The fourth-order valence-corrected chi connectivity index (χ4v) is 0.340. The third-order valence-corrected chi connectivity index (χ3v) is 1.38. The monoisotopic (exact) mass is 131 g/mol. The van der Waals surface area contributed by atoms with Gasteiger partial charge in [-0.25, -0.2) is 0 Å². The van der Waals surface area contributed by atoms with E-state index in [1.54, 1.807) is 0 Å². The first-order chi connectivity index (χ1) is 4.12. The maximum atomic E-state index is 5.04. The number of hydroxylamine groups is 1. The van der Waals surface area contributed by atoms with Gasteiger partial charge in [0.15, 0.2) is 0 Å². The zero-order valence-electron chi connectivity index (χ0n) is 6.82. The van der Waals surface area contributed by atoms with Gasteiger partial charge in [0.25, 0.3) is 0 Å². The van der Waals surface area contributed by atoms with Crippen LogP contribution in [0.15, 0.2) is 0 Å². The van der Waals surface area contributed by atoms with Gasteiger partial charge in [-0.2, -0.15) is 5.48 Å². The molecule has 0 bridgehead atoms. The Morgan fingerprint density at radius 1 is 1.33 bits per heavy atom. The molecule has 0 unspecified atom stereocenters. The van der Waals surface area contributed by atoms with Crippen LogP contribution in [0.4, 0.5) is 0 Å². The van der Waals surface area contributed by atoms with Crippen molar-refractivity contribution in [2.24, 2.45) is 0 Å². The molecule has 0 aliphatic heterocycles. The summed E-state index contributed by atoms with van der Waals surface area (Å²) in [6.07, 6.45) is 1.08. The summed E-state index contributed by atoms with van der Waals surface area (Å²) in [5, 5.41) is 0. The van der Waals surface area contributed by atoms with Crippen molar-refractivity contribution in [3.63, 3.8) is 0 Å². The lowest BCUT2D eigenvalue weighted by molar-refractivity contribution is -0.00559. The van der Waals surface area contributed by atoms with Gasteiger partial charge >= 0.3 is 0 Å². The van der Waals surface area contributed by atoms with Crippen molar-refractivity contribution in [2.75, 3.05) is 6.61 Å². The van der Waals surface area contributed by atoms with Crippen molar-refractivity contribution in [2.45, 2.75) is 39.7 Å². The van der Waals surface area contributed by atoms with E-state index in [2.05, 4.69) is 26.3 Å². The molecule has 0 aromatic heterocycles. The van der Waals surface area contributed by atoms with Gasteiger partial charge in [0.1, 0.15) is 0 Å². The molecule has 1 N–H and O–H groups in total. The lowest BCUT2D eigenvalue weighted by Crippen LogP contribution is -2.38. The number of hydrogen-bond acceptors (Lipinski definition) is 2. The molecule has 2 heteroatoms. The second kappa shape index (κ2) is 3.85. The Labute approximate surface area is 57.5 Å². The Morgan fingerprint density at radius 3 is 2.22 bits per heavy atom. The quantitative estimate of drug-likeness (QED) is 0.586. The van der Waals surface area contributed by atoms with Gasteiger partial charge in [0, 0.05) is 5.54 Å². The molecule has 0 aliphatic rings. The van der Waals surface area contributed by atoms with E-state index in [0.717, 1.165) is 13.0 Å².